The molecule has 0 aliphatic rings. The Morgan fingerprint density at radius 3 is 2.57 bits per heavy atom. The summed E-state index contributed by atoms with van der Waals surface area (Å²) in [6.45, 7) is 1.67. The summed E-state index contributed by atoms with van der Waals surface area (Å²) in [5.74, 6) is -3.27. The maximum absolute atomic E-state index is 14.1. The van der Waals surface area contributed by atoms with E-state index in [4.69, 9.17) is 16.3 Å². The van der Waals surface area contributed by atoms with E-state index in [9.17, 15) is 23.5 Å². The Bertz CT molecular complexity index is 1380. The van der Waals surface area contributed by atoms with E-state index in [1.807, 2.05) is 0 Å². The number of ether oxygens (including phenoxy) is 1. The molecule has 0 aliphatic carbocycles. The van der Waals surface area contributed by atoms with Crippen LogP contribution in [0.15, 0.2) is 47.4 Å². The van der Waals surface area contributed by atoms with Crippen LogP contribution in [0.5, 0.6) is 11.5 Å². The molecule has 152 valence electrons. The Kier molecular flexibility index (Phi) is 4.79. The SMILES string of the molecule is Cc1[nH]cc2c(-c3cc(Cl)ccc3Oc3ccc(F)cc3F)c(C(=O)O)[nH]c(=O)c12. The van der Waals surface area contributed by atoms with Crippen LogP contribution < -0.4 is 10.3 Å². The molecule has 2 aromatic carbocycles. The number of carbonyl (C=O) groups is 1. The molecule has 0 saturated heterocycles. The fraction of sp³-hybridized carbons (Fsp3) is 0.0476. The van der Waals surface area contributed by atoms with Crippen molar-refractivity contribution in [1.29, 1.82) is 0 Å². The summed E-state index contributed by atoms with van der Waals surface area (Å²) < 4.78 is 33.0. The summed E-state index contributed by atoms with van der Waals surface area (Å²) in [5, 5.41) is 10.6. The number of hydrogen-bond acceptors (Lipinski definition) is 3. The molecule has 0 spiro atoms. The van der Waals surface area contributed by atoms with Crippen LogP contribution in [0.4, 0.5) is 8.78 Å². The van der Waals surface area contributed by atoms with Crippen molar-refractivity contribution in [3.63, 3.8) is 0 Å². The molecule has 2 aromatic heterocycles. The summed E-state index contributed by atoms with van der Waals surface area (Å²) >= 11 is 6.13. The number of aromatic nitrogens is 2. The van der Waals surface area contributed by atoms with E-state index in [-0.39, 0.29) is 38.7 Å². The highest BCUT2D eigenvalue weighted by atomic mass is 35.5. The number of pyridine rings is 1. The zero-order valence-electron chi connectivity index (χ0n) is 15.3. The lowest BCUT2D eigenvalue weighted by Gasteiger charge is -2.15. The van der Waals surface area contributed by atoms with Crippen molar-refractivity contribution in [1.82, 2.24) is 9.97 Å². The Balaban J connectivity index is 2.02. The monoisotopic (exact) mass is 430 g/mol. The molecule has 0 saturated carbocycles. The van der Waals surface area contributed by atoms with Gasteiger partial charge >= 0.3 is 5.97 Å². The first-order valence-electron chi connectivity index (χ1n) is 8.66. The van der Waals surface area contributed by atoms with Gasteiger partial charge in [-0.15, -0.1) is 0 Å². The van der Waals surface area contributed by atoms with Crippen molar-refractivity contribution in [2.24, 2.45) is 0 Å². The van der Waals surface area contributed by atoms with Gasteiger partial charge < -0.3 is 19.8 Å². The van der Waals surface area contributed by atoms with E-state index >= 15 is 0 Å². The average molecular weight is 431 g/mol. The topological polar surface area (TPSA) is 95.2 Å². The van der Waals surface area contributed by atoms with Crippen LogP contribution in [0, 0.1) is 18.6 Å². The first kappa shape index (κ1) is 19.7. The fourth-order valence-electron chi connectivity index (χ4n) is 3.29. The van der Waals surface area contributed by atoms with Crippen LogP contribution in [-0.2, 0) is 0 Å². The predicted octanol–water partition coefficient (Wildman–Crippen LogP) is 5.25. The molecule has 0 bridgehead atoms. The molecule has 0 unspecified atom stereocenters. The molecule has 0 radical (unpaired) electrons. The van der Waals surface area contributed by atoms with E-state index in [0.29, 0.717) is 17.1 Å². The molecule has 2 heterocycles. The van der Waals surface area contributed by atoms with Crippen LogP contribution in [0.25, 0.3) is 21.9 Å². The average Bonchev–Trinajstić information content (AvgIpc) is 3.07. The van der Waals surface area contributed by atoms with Gasteiger partial charge in [0.05, 0.1) is 5.39 Å². The van der Waals surface area contributed by atoms with Gasteiger partial charge in [-0.25, -0.2) is 13.6 Å². The number of aromatic amines is 2. The number of fused-ring (bicyclic) bond motifs is 1. The van der Waals surface area contributed by atoms with Crippen LogP contribution in [0.1, 0.15) is 16.2 Å². The van der Waals surface area contributed by atoms with Gasteiger partial charge in [-0.3, -0.25) is 4.79 Å². The highest BCUT2D eigenvalue weighted by molar-refractivity contribution is 6.31. The quantitative estimate of drug-likeness (QED) is 0.412. The summed E-state index contributed by atoms with van der Waals surface area (Å²) in [7, 11) is 0. The van der Waals surface area contributed by atoms with Crippen LogP contribution in [0.2, 0.25) is 5.02 Å². The maximum atomic E-state index is 14.1. The third-order valence-corrected chi connectivity index (χ3v) is 4.84. The number of rotatable bonds is 4. The number of hydrogen-bond donors (Lipinski definition) is 3. The largest absolute Gasteiger partial charge is 0.477 e. The Morgan fingerprint density at radius 2 is 1.87 bits per heavy atom. The van der Waals surface area contributed by atoms with E-state index in [1.165, 1.54) is 24.4 Å². The molecule has 0 aliphatic heterocycles. The summed E-state index contributed by atoms with van der Waals surface area (Å²) in [4.78, 5) is 29.6. The van der Waals surface area contributed by atoms with Gasteiger partial charge in [-0.05, 0) is 37.3 Å². The fourth-order valence-corrected chi connectivity index (χ4v) is 3.47. The van der Waals surface area contributed by atoms with Gasteiger partial charge in [0.2, 0.25) is 0 Å². The standard InChI is InChI=1S/C21H13ClF2N2O4/c1-9-17-13(8-25-9)18(19(21(28)29)26-20(17)27)12-6-10(22)2-4-15(12)30-16-5-3-11(23)7-14(16)24/h2-8,25H,1H3,(H,26,27)(H,28,29). The predicted molar refractivity (Wildman–Crippen MR) is 107 cm³/mol. The molecule has 30 heavy (non-hydrogen) atoms. The van der Waals surface area contributed by atoms with E-state index in [2.05, 4.69) is 9.97 Å². The van der Waals surface area contributed by atoms with Gasteiger partial charge in [-0.1, -0.05) is 11.6 Å². The number of halogens is 3. The molecular weight excluding hydrogens is 418 g/mol. The number of aryl methyl sites for hydroxylation is 1. The molecule has 6 nitrogen and oxygen atoms in total. The Labute approximate surface area is 172 Å². The second-order valence-electron chi connectivity index (χ2n) is 6.53. The molecule has 4 aromatic rings. The number of carboxylic acid groups (broad SMARTS) is 1. The van der Waals surface area contributed by atoms with Crippen LogP contribution >= 0.6 is 11.6 Å². The Hall–Kier alpha value is -3.65. The van der Waals surface area contributed by atoms with Crippen molar-refractivity contribution in [3.05, 3.63) is 81.0 Å². The van der Waals surface area contributed by atoms with Crippen molar-refractivity contribution >= 4 is 28.3 Å². The molecule has 3 N–H and O–H groups in total. The van der Waals surface area contributed by atoms with E-state index in [0.717, 1.165) is 12.1 Å². The number of nitrogens with one attached hydrogen (secondary N) is 2. The molecule has 0 amide bonds. The van der Waals surface area contributed by atoms with E-state index in [1.54, 1.807) is 6.92 Å². The lowest BCUT2D eigenvalue weighted by Crippen LogP contribution is -2.15. The second kappa shape index (κ2) is 7.31. The van der Waals surface area contributed by atoms with Crippen LogP contribution in [-0.4, -0.2) is 21.0 Å². The third kappa shape index (κ3) is 3.31. The Morgan fingerprint density at radius 1 is 1.13 bits per heavy atom. The molecular formula is C21H13ClF2N2O4. The van der Waals surface area contributed by atoms with Crippen molar-refractivity contribution in [2.75, 3.05) is 0 Å². The minimum absolute atomic E-state index is 0.0691. The number of carboxylic acids is 1. The zero-order valence-corrected chi connectivity index (χ0v) is 16.1. The summed E-state index contributed by atoms with van der Waals surface area (Å²) in [6, 6.07) is 7.17. The minimum Gasteiger partial charge on any atom is -0.477 e. The van der Waals surface area contributed by atoms with Gasteiger partial charge in [0.1, 0.15) is 17.3 Å². The third-order valence-electron chi connectivity index (χ3n) is 4.60. The molecule has 0 fully saturated rings. The first-order valence-corrected chi connectivity index (χ1v) is 9.04. The highest BCUT2D eigenvalue weighted by Crippen LogP contribution is 2.40. The maximum Gasteiger partial charge on any atom is 0.353 e. The normalized spacial score (nSPS) is 11.1. The number of H-pyrrole nitrogens is 2. The first-order chi connectivity index (χ1) is 14.3. The minimum atomic E-state index is -1.37. The van der Waals surface area contributed by atoms with Crippen molar-refractivity contribution in [3.8, 4) is 22.6 Å². The molecule has 4 rings (SSSR count). The molecule has 0 atom stereocenters. The smallest absolute Gasteiger partial charge is 0.353 e. The summed E-state index contributed by atoms with van der Waals surface area (Å²) in [6.07, 6.45) is 1.50. The van der Waals surface area contributed by atoms with Gasteiger partial charge in [0, 0.05) is 39.5 Å². The second-order valence-corrected chi connectivity index (χ2v) is 6.97. The number of benzene rings is 2. The summed E-state index contributed by atoms with van der Waals surface area (Å²) in [5.41, 5.74) is -0.0546. The van der Waals surface area contributed by atoms with Crippen molar-refractivity contribution in [2.45, 2.75) is 6.92 Å². The van der Waals surface area contributed by atoms with Crippen molar-refractivity contribution < 1.29 is 23.4 Å². The molecule has 9 heteroatoms. The highest BCUT2D eigenvalue weighted by Gasteiger charge is 2.23. The zero-order chi connectivity index (χ0) is 21.6. The lowest BCUT2D eigenvalue weighted by atomic mass is 9.98. The van der Waals surface area contributed by atoms with Crippen LogP contribution in [0.3, 0.4) is 0 Å². The van der Waals surface area contributed by atoms with Gasteiger partial charge in [0.15, 0.2) is 11.6 Å². The van der Waals surface area contributed by atoms with Gasteiger partial charge in [-0.2, -0.15) is 0 Å². The lowest BCUT2D eigenvalue weighted by molar-refractivity contribution is 0.0691. The van der Waals surface area contributed by atoms with Gasteiger partial charge in [0.25, 0.3) is 5.56 Å². The number of aromatic carboxylic acids is 1. The van der Waals surface area contributed by atoms with E-state index < -0.39 is 23.2 Å².